The van der Waals surface area contributed by atoms with Crippen LogP contribution >= 0.6 is 0 Å². The second-order valence-corrected chi connectivity index (χ2v) is 10.8. The standard InChI is InChI=1S/C36H46O4/c1-4-6-8-10-11-13-15-29-16-18-30(19-17-29)31-20-22-32(23-21-31)36(38)40-34-26-24-33(25-27-34)35(37)39-28(3)14-12-9-7-5-2/h16-28H,4-15H2,1-3H3. The predicted molar refractivity (Wildman–Crippen MR) is 164 cm³/mol. The van der Waals surface area contributed by atoms with Crippen LogP contribution in [0.15, 0.2) is 72.8 Å². The van der Waals surface area contributed by atoms with Crippen LogP contribution < -0.4 is 4.74 Å². The number of ether oxygens (including phenoxy) is 2. The Kier molecular flexibility index (Phi) is 13.5. The largest absolute Gasteiger partial charge is 0.459 e. The minimum atomic E-state index is -0.433. The van der Waals surface area contributed by atoms with Gasteiger partial charge < -0.3 is 9.47 Å². The minimum Gasteiger partial charge on any atom is -0.459 e. The lowest BCUT2D eigenvalue weighted by Gasteiger charge is -2.13. The van der Waals surface area contributed by atoms with Crippen molar-refractivity contribution in [1.82, 2.24) is 0 Å². The quantitative estimate of drug-likeness (QED) is 0.0967. The smallest absolute Gasteiger partial charge is 0.343 e. The lowest BCUT2D eigenvalue weighted by Crippen LogP contribution is -2.15. The summed E-state index contributed by atoms with van der Waals surface area (Å²) in [5, 5.41) is 0. The molecule has 0 fully saturated rings. The highest BCUT2D eigenvalue weighted by atomic mass is 16.5. The molecule has 40 heavy (non-hydrogen) atoms. The highest BCUT2D eigenvalue weighted by Gasteiger charge is 2.14. The van der Waals surface area contributed by atoms with Crippen molar-refractivity contribution in [2.45, 2.75) is 104 Å². The number of carbonyl (C=O) groups excluding carboxylic acids is 2. The van der Waals surface area contributed by atoms with Gasteiger partial charge in [0.1, 0.15) is 5.75 Å². The third kappa shape index (κ3) is 10.6. The first-order valence-electron chi connectivity index (χ1n) is 15.2. The molecule has 4 nitrogen and oxygen atoms in total. The maximum Gasteiger partial charge on any atom is 0.343 e. The normalized spacial score (nSPS) is 11.7. The van der Waals surface area contributed by atoms with Crippen LogP contribution in [0.1, 0.15) is 118 Å². The maximum atomic E-state index is 12.7. The molecule has 0 saturated carbocycles. The Morgan fingerprint density at radius 2 is 1.10 bits per heavy atom. The molecule has 0 heterocycles. The van der Waals surface area contributed by atoms with Crippen LogP contribution in [-0.2, 0) is 11.2 Å². The monoisotopic (exact) mass is 542 g/mol. The fourth-order valence-corrected chi connectivity index (χ4v) is 4.77. The number of benzene rings is 3. The summed E-state index contributed by atoms with van der Waals surface area (Å²) in [4.78, 5) is 25.1. The summed E-state index contributed by atoms with van der Waals surface area (Å²) in [6, 6.07) is 22.7. The summed E-state index contributed by atoms with van der Waals surface area (Å²) in [6.07, 6.45) is 14.3. The van der Waals surface area contributed by atoms with Crippen LogP contribution in [0.4, 0.5) is 0 Å². The molecule has 0 N–H and O–H groups in total. The molecule has 0 aliphatic rings. The van der Waals surface area contributed by atoms with Gasteiger partial charge in [-0.1, -0.05) is 102 Å². The van der Waals surface area contributed by atoms with Gasteiger partial charge in [-0.2, -0.15) is 0 Å². The van der Waals surface area contributed by atoms with Gasteiger partial charge in [-0.15, -0.1) is 0 Å². The van der Waals surface area contributed by atoms with Crippen molar-refractivity contribution in [1.29, 1.82) is 0 Å². The SMILES string of the molecule is CCCCCCCCc1ccc(-c2ccc(C(=O)Oc3ccc(C(=O)OC(C)CCCCCC)cc3)cc2)cc1. The van der Waals surface area contributed by atoms with Crippen molar-refractivity contribution < 1.29 is 19.1 Å². The van der Waals surface area contributed by atoms with Gasteiger partial charge in [0.25, 0.3) is 0 Å². The van der Waals surface area contributed by atoms with Gasteiger partial charge in [0.05, 0.1) is 17.2 Å². The van der Waals surface area contributed by atoms with E-state index in [4.69, 9.17) is 9.47 Å². The first-order valence-corrected chi connectivity index (χ1v) is 15.2. The lowest BCUT2D eigenvalue weighted by atomic mass is 10.00. The van der Waals surface area contributed by atoms with E-state index in [1.54, 1.807) is 36.4 Å². The summed E-state index contributed by atoms with van der Waals surface area (Å²) in [5.74, 6) is -0.400. The molecule has 0 aliphatic carbocycles. The molecule has 0 saturated heterocycles. The van der Waals surface area contributed by atoms with Crippen LogP contribution in [0, 0.1) is 0 Å². The van der Waals surface area contributed by atoms with E-state index in [-0.39, 0.29) is 12.1 Å². The summed E-state index contributed by atoms with van der Waals surface area (Å²) in [7, 11) is 0. The Balaban J connectivity index is 1.46. The van der Waals surface area contributed by atoms with Crippen molar-refractivity contribution in [2.75, 3.05) is 0 Å². The van der Waals surface area contributed by atoms with Crippen LogP contribution in [0.3, 0.4) is 0 Å². The van der Waals surface area contributed by atoms with Crippen molar-refractivity contribution in [3.63, 3.8) is 0 Å². The Labute approximate surface area is 241 Å². The topological polar surface area (TPSA) is 52.6 Å². The Bertz CT molecular complexity index is 1150. The maximum absolute atomic E-state index is 12.7. The van der Waals surface area contributed by atoms with Crippen LogP contribution in [-0.4, -0.2) is 18.0 Å². The Morgan fingerprint density at radius 1 is 0.600 bits per heavy atom. The van der Waals surface area contributed by atoms with E-state index in [0.717, 1.165) is 36.8 Å². The van der Waals surface area contributed by atoms with E-state index >= 15 is 0 Å². The molecule has 1 unspecified atom stereocenters. The molecular weight excluding hydrogens is 496 g/mol. The molecule has 3 rings (SSSR count). The summed E-state index contributed by atoms with van der Waals surface area (Å²) in [5.41, 5.74) is 4.48. The molecule has 0 spiro atoms. The third-order valence-corrected chi connectivity index (χ3v) is 7.30. The van der Waals surface area contributed by atoms with Gasteiger partial charge in [0, 0.05) is 0 Å². The Morgan fingerprint density at radius 3 is 1.73 bits per heavy atom. The van der Waals surface area contributed by atoms with Crippen molar-refractivity contribution in [3.8, 4) is 16.9 Å². The highest BCUT2D eigenvalue weighted by Crippen LogP contribution is 2.23. The average molecular weight is 543 g/mol. The third-order valence-electron chi connectivity index (χ3n) is 7.30. The molecule has 3 aromatic rings. The highest BCUT2D eigenvalue weighted by molar-refractivity contribution is 5.92. The van der Waals surface area contributed by atoms with E-state index in [1.807, 2.05) is 19.1 Å². The number of hydrogen-bond donors (Lipinski definition) is 0. The van der Waals surface area contributed by atoms with Crippen LogP contribution in [0.2, 0.25) is 0 Å². The van der Waals surface area contributed by atoms with Gasteiger partial charge in [0.2, 0.25) is 0 Å². The number of unbranched alkanes of at least 4 members (excludes halogenated alkanes) is 8. The van der Waals surface area contributed by atoms with Crippen LogP contribution in [0.5, 0.6) is 5.75 Å². The van der Waals surface area contributed by atoms with Gasteiger partial charge in [-0.3, -0.25) is 0 Å². The van der Waals surface area contributed by atoms with E-state index in [9.17, 15) is 9.59 Å². The van der Waals surface area contributed by atoms with Gasteiger partial charge in [-0.25, -0.2) is 9.59 Å². The minimum absolute atomic E-state index is 0.118. The van der Waals surface area contributed by atoms with Gasteiger partial charge in [-0.05, 0) is 85.7 Å². The molecule has 0 aliphatic heterocycles. The molecule has 3 aromatic carbocycles. The fraction of sp³-hybridized carbons (Fsp3) is 0.444. The molecular formula is C36H46O4. The predicted octanol–water partition coefficient (Wildman–Crippen LogP) is 9.99. The molecule has 0 bridgehead atoms. The molecule has 1 atom stereocenters. The number of hydrogen-bond acceptors (Lipinski definition) is 4. The van der Waals surface area contributed by atoms with Crippen molar-refractivity contribution in [2.24, 2.45) is 0 Å². The van der Waals surface area contributed by atoms with Crippen LogP contribution in [0.25, 0.3) is 11.1 Å². The summed E-state index contributed by atoms with van der Waals surface area (Å²) < 4.78 is 11.1. The molecule has 214 valence electrons. The molecule has 4 heteroatoms. The van der Waals surface area contributed by atoms with E-state index < -0.39 is 5.97 Å². The summed E-state index contributed by atoms with van der Waals surface area (Å²) >= 11 is 0. The van der Waals surface area contributed by atoms with E-state index in [0.29, 0.717) is 16.9 Å². The average Bonchev–Trinajstić information content (AvgIpc) is 2.98. The second-order valence-electron chi connectivity index (χ2n) is 10.8. The zero-order valence-corrected chi connectivity index (χ0v) is 24.6. The van der Waals surface area contributed by atoms with E-state index in [1.165, 1.54) is 56.9 Å². The first-order chi connectivity index (χ1) is 19.5. The number of carbonyl (C=O) groups is 2. The van der Waals surface area contributed by atoms with Crippen molar-refractivity contribution in [3.05, 3.63) is 89.5 Å². The summed E-state index contributed by atoms with van der Waals surface area (Å²) in [6.45, 7) is 6.36. The Hall–Kier alpha value is -3.40. The number of esters is 2. The molecule has 0 aromatic heterocycles. The lowest BCUT2D eigenvalue weighted by molar-refractivity contribution is 0.0319. The molecule has 0 amide bonds. The first kappa shape index (κ1) is 31.1. The van der Waals surface area contributed by atoms with Crippen molar-refractivity contribution >= 4 is 11.9 Å². The van der Waals surface area contributed by atoms with E-state index in [2.05, 4.69) is 38.1 Å². The van der Waals surface area contributed by atoms with Gasteiger partial charge >= 0.3 is 11.9 Å². The fourth-order valence-electron chi connectivity index (χ4n) is 4.77. The molecule has 0 radical (unpaired) electrons. The zero-order valence-electron chi connectivity index (χ0n) is 24.6. The van der Waals surface area contributed by atoms with Gasteiger partial charge in [0.15, 0.2) is 0 Å². The zero-order chi connectivity index (χ0) is 28.6. The number of rotatable bonds is 17. The number of aryl methyl sites for hydroxylation is 1. The second kappa shape index (κ2) is 17.3.